The molecular formula is C5H13NS2. The quantitative estimate of drug-likeness (QED) is 0.506. The molecule has 1 N–H and O–H groups in total. The molecule has 1 atom stereocenters. The van der Waals surface area contributed by atoms with Crippen LogP contribution in [0, 0.1) is 0 Å². The maximum atomic E-state index is 4.23. The van der Waals surface area contributed by atoms with Crippen LogP contribution in [0.15, 0.2) is 0 Å². The van der Waals surface area contributed by atoms with Crippen molar-refractivity contribution in [2.75, 3.05) is 18.8 Å². The van der Waals surface area contributed by atoms with Crippen LogP contribution in [-0.2, 0) is 0 Å². The first-order valence-electron chi connectivity index (χ1n) is 2.81. The molecule has 0 saturated carbocycles. The van der Waals surface area contributed by atoms with Gasteiger partial charge in [0.1, 0.15) is 0 Å². The number of hydrogen-bond donors (Lipinski definition) is 3. The van der Waals surface area contributed by atoms with Crippen LogP contribution in [-0.4, -0.2) is 24.1 Å². The molecule has 0 fully saturated rings. The van der Waals surface area contributed by atoms with Crippen LogP contribution >= 0.6 is 25.3 Å². The zero-order valence-electron chi connectivity index (χ0n) is 5.09. The molecule has 0 radical (unpaired) electrons. The molecule has 1 unspecified atom stereocenters. The van der Waals surface area contributed by atoms with Gasteiger partial charge in [0.15, 0.2) is 0 Å². The normalized spacial score (nSPS) is 13.9. The predicted molar refractivity (Wildman–Crippen MR) is 45.2 cm³/mol. The molecule has 8 heavy (non-hydrogen) atoms. The minimum absolute atomic E-state index is 0.401. The van der Waals surface area contributed by atoms with E-state index in [4.69, 9.17) is 0 Å². The van der Waals surface area contributed by atoms with Gasteiger partial charge in [0, 0.05) is 17.5 Å². The van der Waals surface area contributed by atoms with Crippen molar-refractivity contribution in [3.8, 4) is 0 Å². The van der Waals surface area contributed by atoms with Crippen LogP contribution < -0.4 is 5.32 Å². The third-order valence-corrected chi connectivity index (χ3v) is 1.93. The van der Waals surface area contributed by atoms with Crippen LogP contribution in [0.25, 0.3) is 0 Å². The third kappa shape index (κ3) is 4.81. The van der Waals surface area contributed by atoms with E-state index in [9.17, 15) is 0 Å². The lowest BCUT2D eigenvalue weighted by Crippen LogP contribution is -2.23. The van der Waals surface area contributed by atoms with Crippen molar-refractivity contribution in [2.24, 2.45) is 0 Å². The van der Waals surface area contributed by atoms with Crippen molar-refractivity contribution in [1.82, 2.24) is 5.32 Å². The number of hydrogen-bond acceptors (Lipinski definition) is 3. The summed E-state index contributed by atoms with van der Waals surface area (Å²) >= 11 is 8.30. The summed E-state index contributed by atoms with van der Waals surface area (Å²) in [5.41, 5.74) is 0. The molecule has 0 aromatic heterocycles. The zero-order valence-corrected chi connectivity index (χ0v) is 6.88. The fourth-order valence-electron chi connectivity index (χ4n) is 0.375. The Morgan fingerprint density at radius 2 is 2.25 bits per heavy atom. The van der Waals surface area contributed by atoms with E-state index in [2.05, 4.69) is 37.5 Å². The highest BCUT2D eigenvalue weighted by molar-refractivity contribution is 7.84. The first-order chi connectivity index (χ1) is 3.81. The van der Waals surface area contributed by atoms with Gasteiger partial charge >= 0.3 is 0 Å². The topological polar surface area (TPSA) is 12.0 Å². The monoisotopic (exact) mass is 151 g/mol. The highest BCUT2D eigenvalue weighted by atomic mass is 32.1. The van der Waals surface area contributed by atoms with Crippen LogP contribution in [0.4, 0.5) is 0 Å². The first kappa shape index (κ1) is 8.66. The van der Waals surface area contributed by atoms with E-state index in [0.717, 1.165) is 18.8 Å². The Bertz CT molecular complexity index is 49.7. The molecular weight excluding hydrogens is 138 g/mol. The van der Waals surface area contributed by atoms with Crippen LogP contribution in [0.2, 0.25) is 0 Å². The summed E-state index contributed by atoms with van der Waals surface area (Å²) in [6, 6.07) is 0. The number of rotatable bonds is 4. The summed E-state index contributed by atoms with van der Waals surface area (Å²) in [4.78, 5) is 0. The van der Waals surface area contributed by atoms with Gasteiger partial charge in [0.25, 0.3) is 0 Å². The lowest BCUT2D eigenvalue weighted by molar-refractivity contribution is 0.719. The van der Waals surface area contributed by atoms with E-state index < -0.39 is 0 Å². The van der Waals surface area contributed by atoms with Gasteiger partial charge in [-0.15, -0.1) is 0 Å². The third-order valence-electron chi connectivity index (χ3n) is 0.841. The SMILES string of the molecule is CCNCC(S)CS. The van der Waals surface area contributed by atoms with E-state index >= 15 is 0 Å². The first-order valence-corrected chi connectivity index (χ1v) is 3.95. The summed E-state index contributed by atoms with van der Waals surface area (Å²) in [7, 11) is 0. The minimum atomic E-state index is 0.401. The molecule has 0 bridgehead atoms. The Morgan fingerprint density at radius 3 is 2.62 bits per heavy atom. The fraction of sp³-hybridized carbons (Fsp3) is 1.00. The van der Waals surface area contributed by atoms with Gasteiger partial charge in [0.05, 0.1) is 0 Å². The van der Waals surface area contributed by atoms with Crippen molar-refractivity contribution in [3.63, 3.8) is 0 Å². The van der Waals surface area contributed by atoms with Gasteiger partial charge in [-0.1, -0.05) is 6.92 Å². The van der Waals surface area contributed by atoms with Crippen LogP contribution in [0.3, 0.4) is 0 Å². The van der Waals surface area contributed by atoms with Crippen molar-refractivity contribution < 1.29 is 0 Å². The summed E-state index contributed by atoms with van der Waals surface area (Å²) < 4.78 is 0. The van der Waals surface area contributed by atoms with E-state index in [-0.39, 0.29) is 0 Å². The molecule has 0 rings (SSSR count). The molecule has 0 aromatic carbocycles. The molecule has 3 heteroatoms. The maximum Gasteiger partial charge on any atom is 0.0230 e. The molecule has 0 saturated heterocycles. The molecule has 0 heterocycles. The summed E-state index contributed by atoms with van der Waals surface area (Å²) in [6.45, 7) is 4.06. The van der Waals surface area contributed by atoms with E-state index in [0.29, 0.717) is 5.25 Å². The molecule has 0 aliphatic carbocycles. The highest BCUT2D eigenvalue weighted by Crippen LogP contribution is 1.93. The van der Waals surface area contributed by atoms with Crippen molar-refractivity contribution >= 4 is 25.3 Å². The Balaban J connectivity index is 2.86. The summed E-state index contributed by atoms with van der Waals surface area (Å²) in [5, 5.41) is 3.57. The highest BCUT2D eigenvalue weighted by Gasteiger charge is 1.95. The molecule has 0 amide bonds. The second-order valence-electron chi connectivity index (χ2n) is 1.64. The standard InChI is InChI=1S/C5H13NS2/c1-2-6-3-5(8)4-7/h5-8H,2-4H2,1H3. The maximum absolute atomic E-state index is 4.23. The van der Waals surface area contributed by atoms with Gasteiger partial charge in [-0.05, 0) is 6.54 Å². The lowest BCUT2D eigenvalue weighted by Gasteiger charge is -2.05. The van der Waals surface area contributed by atoms with E-state index in [1.165, 1.54) is 0 Å². The Morgan fingerprint density at radius 1 is 1.62 bits per heavy atom. The molecule has 1 nitrogen and oxygen atoms in total. The van der Waals surface area contributed by atoms with Gasteiger partial charge < -0.3 is 5.32 Å². The lowest BCUT2D eigenvalue weighted by atomic mass is 10.4. The summed E-state index contributed by atoms with van der Waals surface area (Å²) in [6.07, 6.45) is 0. The van der Waals surface area contributed by atoms with Crippen LogP contribution in [0.5, 0.6) is 0 Å². The van der Waals surface area contributed by atoms with Gasteiger partial charge in [-0.2, -0.15) is 25.3 Å². The Labute approximate surface area is 62.1 Å². The molecule has 0 aliphatic heterocycles. The van der Waals surface area contributed by atoms with Crippen molar-refractivity contribution in [1.29, 1.82) is 0 Å². The van der Waals surface area contributed by atoms with Crippen molar-refractivity contribution in [3.05, 3.63) is 0 Å². The predicted octanol–water partition coefficient (Wildman–Crippen LogP) is 0.824. The Kier molecular flexibility index (Phi) is 6.27. The van der Waals surface area contributed by atoms with E-state index in [1.54, 1.807) is 0 Å². The molecule has 50 valence electrons. The molecule has 0 aliphatic rings. The van der Waals surface area contributed by atoms with E-state index in [1.807, 2.05) is 0 Å². The summed E-state index contributed by atoms with van der Waals surface area (Å²) in [5.74, 6) is 0.843. The van der Waals surface area contributed by atoms with Crippen molar-refractivity contribution in [2.45, 2.75) is 12.2 Å². The second kappa shape index (κ2) is 5.79. The average Bonchev–Trinajstić information content (AvgIpc) is 1.83. The Hall–Kier alpha value is 0.660. The van der Waals surface area contributed by atoms with Gasteiger partial charge in [-0.3, -0.25) is 0 Å². The minimum Gasteiger partial charge on any atom is -0.316 e. The average molecular weight is 151 g/mol. The number of nitrogens with one attached hydrogen (secondary N) is 1. The van der Waals surface area contributed by atoms with Gasteiger partial charge in [0.2, 0.25) is 0 Å². The number of thiol groups is 2. The largest absolute Gasteiger partial charge is 0.316 e. The smallest absolute Gasteiger partial charge is 0.0230 e. The van der Waals surface area contributed by atoms with Gasteiger partial charge in [-0.25, -0.2) is 0 Å². The fourth-order valence-corrected chi connectivity index (χ4v) is 0.634. The van der Waals surface area contributed by atoms with Crippen LogP contribution in [0.1, 0.15) is 6.92 Å². The second-order valence-corrected chi connectivity index (χ2v) is 2.74. The molecule has 0 aromatic rings. The molecule has 0 spiro atoms. The zero-order chi connectivity index (χ0) is 6.41.